The minimum Gasteiger partial charge on any atom is -0.508 e. The number of thioether (sulfide) groups is 1. The molecule has 1 aromatic carbocycles. The lowest BCUT2D eigenvalue weighted by molar-refractivity contribution is 0.455. The molecule has 2 nitrogen and oxygen atoms in total. The van der Waals surface area contributed by atoms with Crippen LogP contribution in [-0.2, 0) is 0 Å². The van der Waals surface area contributed by atoms with Crippen LogP contribution in [0.5, 0.6) is 5.75 Å². The molecule has 1 aliphatic heterocycles. The first kappa shape index (κ1) is 8.91. The third-order valence-electron chi connectivity index (χ3n) is 2.42. The zero-order valence-electron chi connectivity index (χ0n) is 7.58. The van der Waals surface area contributed by atoms with Gasteiger partial charge in [0.15, 0.2) is 0 Å². The van der Waals surface area contributed by atoms with E-state index in [1.165, 1.54) is 10.5 Å². The zero-order valence-corrected chi connectivity index (χ0v) is 8.40. The van der Waals surface area contributed by atoms with Gasteiger partial charge in [0.05, 0.1) is 0 Å². The zero-order chi connectivity index (χ0) is 9.42. The smallest absolute Gasteiger partial charge is 0.121 e. The van der Waals surface area contributed by atoms with Crippen LogP contribution in [0.1, 0.15) is 23.6 Å². The fraction of sp³-hybridized carbons (Fsp3) is 0.400. The molecule has 0 unspecified atom stereocenters. The molecule has 0 aromatic heterocycles. The Morgan fingerprint density at radius 3 is 3.00 bits per heavy atom. The molecule has 0 radical (unpaired) electrons. The van der Waals surface area contributed by atoms with Crippen LogP contribution in [0, 0.1) is 6.92 Å². The second-order valence-corrected chi connectivity index (χ2v) is 4.49. The summed E-state index contributed by atoms with van der Waals surface area (Å²) in [6, 6.07) is 3.69. The van der Waals surface area contributed by atoms with E-state index in [9.17, 15) is 5.11 Å². The molecule has 3 heteroatoms. The van der Waals surface area contributed by atoms with E-state index in [0.717, 1.165) is 17.7 Å². The number of hydrogen-bond acceptors (Lipinski definition) is 3. The molecule has 1 atom stereocenters. The largest absolute Gasteiger partial charge is 0.508 e. The topological polar surface area (TPSA) is 46.2 Å². The van der Waals surface area contributed by atoms with E-state index in [4.69, 9.17) is 5.73 Å². The summed E-state index contributed by atoms with van der Waals surface area (Å²) in [5, 5.41) is 9.66. The van der Waals surface area contributed by atoms with Crippen LogP contribution in [0.4, 0.5) is 0 Å². The molecule has 0 amide bonds. The highest BCUT2D eigenvalue weighted by atomic mass is 32.2. The molecule has 2 rings (SSSR count). The number of phenolic OH excluding ortho intramolecular Hbond substituents is 1. The maximum Gasteiger partial charge on any atom is 0.121 e. The number of aromatic hydroxyl groups is 1. The number of hydrogen-bond donors (Lipinski definition) is 2. The van der Waals surface area contributed by atoms with Crippen molar-refractivity contribution >= 4 is 11.8 Å². The van der Waals surface area contributed by atoms with Gasteiger partial charge in [0.25, 0.3) is 0 Å². The molecule has 0 bridgehead atoms. The van der Waals surface area contributed by atoms with Gasteiger partial charge in [0.2, 0.25) is 0 Å². The van der Waals surface area contributed by atoms with Gasteiger partial charge < -0.3 is 10.8 Å². The van der Waals surface area contributed by atoms with Gasteiger partial charge in [0.1, 0.15) is 5.75 Å². The molecular formula is C10H13NOS. The normalized spacial score (nSPS) is 21.2. The summed E-state index contributed by atoms with van der Waals surface area (Å²) in [4.78, 5) is 1.18. The molecule has 0 spiro atoms. The maximum atomic E-state index is 9.66. The van der Waals surface area contributed by atoms with Crippen molar-refractivity contribution in [2.75, 3.05) is 5.75 Å². The van der Waals surface area contributed by atoms with Crippen molar-refractivity contribution in [2.45, 2.75) is 24.3 Å². The van der Waals surface area contributed by atoms with Gasteiger partial charge >= 0.3 is 0 Å². The van der Waals surface area contributed by atoms with Gasteiger partial charge in [-0.3, -0.25) is 0 Å². The van der Waals surface area contributed by atoms with Crippen molar-refractivity contribution in [3.8, 4) is 5.75 Å². The molecule has 0 fully saturated rings. The highest BCUT2D eigenvalue weighted by Crippen LogP contribution is 2.41. The summed E-state index contributed by atoms with van der Waals surface area (Å²) in [7, 11) is 0. The molecule has 13 heavy (non-hydrogen) atoms. The third-order valence-corrected chi connectivity index (χ3v) is 3.69. The standard InChI is InChI=1S/C10H13NOS/c1-6-2-3-8(12)9-7(11)4-5-13-10(6)9/h2-3,7,12H,4-5,11H2,1H3/t7-/m1/s1. The molecule has 70 valence electrons. The number of aryl methyl sites for hydroxylation is 1. The summed E-state index contributed by atoms with van der Waals surface area (Å²) in [6.45, 7) is 2.06. The molecule has 0 aliphatic carbocycles. The van der Waals surface area contributed by atoms with Crippen LogP contribution in [0.25, 0.3) is 0 Å². The Hall–Kier alpha value is -0.670. The van der Waals surface area contributed by atoms with Crippen molar-refractivity contribution in [1.82, 2.24) is 0 Å². The molecule has 0 saturated carbocycles. The fourth-order valence-corrected chi connectivity index (χ4v) is 2.96. The second-order valence-electron chi connectivity index (χ2n) is 3.39. The lowest BCUT2D eigenvalue weighted by atomic mass is 10.0. The van der Waals surface area contributed by atoms with Crippen LogP contribution in [0.2, 0.25) is 0 Å². The summed E-state index contributed by atoms with van der Waals surface area (Å²) in [5.41, 5.74) is 8.10. The first-order valence-corrected chi connectivity index (χ1v) is 5.39. The number of benzene rings is 1. The summed E-state index contributed by atoms with van der Waals surface area (Å²) in [6.07, 6.45) is 0.953. The fourth-order valence-electron chi connectivity index (χ4n) is 1.68. The van der Waals surface area contributed by atoms with E-state index in [-0.39, 0.29) is 6.04 Å². The van der Waals surface area contributed by atoms with E-state index in [2.05, 4.69) is 6.92 Å². The summed E-state index contributed by atoms with van der Waals surface area (Å²) in [5.74, 6) is 1.40. The highest BCUT2D eigenvalue weighted by molar-refractivity contribution is 7.99. The SMILES string of the molecule is Cc1ccc(O)c2c1SCC[C@H]2N. The molecule has 1 aliphatic rings. The Morgan fingerprint density at radius 1 is 1.54 bits per heavy atom. The summed E-state index contributed by atoms with van der Waals surface area (Å²) < 4.78 is 0. The maximum absolute atomic E-state index is 9.66. The molecule has 1 heterocycles. The van der Waals surface area contributed by atoms with Gasteiger partial charge in [-0.25, -0.2) is 0 Å². The Balaban J connectivity index is 2.60. The quantitative estimate of drug-likeness (QED) is 0.667. The highest BCUT2D eigenvalue weighted by Gasteiger charge is 2.21. The molecule has 0 saturated heterocycles. The Kier molecular flexibility index (Phi) is 2.22. The van der Waals surface area contributed by atoms with Crippen LogP contribution in [0.15, 0.2) is 17.0 Å². The second kappa shape index (κ2) is 3.24. The minimum atomic E-state index is 0.0103. The lowest BCUT2D eigenvalue weighted by Gasteiger charge is -2.23. The van der Waals surface area contributed by atoms with E-state index >= 15 is 0 Å². The predicted octanol–water partition coefficient (Wildman–Crippen LogP) is 2.20. The first-order chi connectivity index (χ1) is 6.20. The number of fused-ring (bicyclic) bond motifs is 1. The average Bonchev–Trinajstić information content (AvgIpc) is 2.12. The molecule has 3 N–H and O–H groups in total. The van der Waals surface area contributed by atoms with E-state index in [0.29, 0.717) is 5.75 Å². The predicted molar refractivity (Wildman–Crippen MR) is 55.1 cm³/mol. The Bertz CT molecular complexity index is 338. The van der Waals surface area contributed by atoms with Crippen molar-refractivity contribution in [2.24, 2.45) is 5.73 Å². The van der Waals surface area contributed by atoms with Crippen LogP contribution < -0.4 is 5.73 Å². The molecular weight excluding hydrogens is 182 g/mol. The summed E-state index contributed by atoms with van der Waals surface area (Å²) >= 11 is 1.79. The Labute approximate surface area is 82.1 Å². The van der Waals surface area contributed by atoms with E-state index in [1.807, 2.05) is 6.07 Å². The lowest BCUT2D eigenvalue weighted by Crippen LogP contribution is -2.16. The minimum absolute atomic E-state index is 0.0103. The number of rotatable bonds is 0. The van der Waals surface area contributed by atoms with E-state index < -0.39 is 0 Å². The van der Waals surface area contributed by atoms with Crippen molar-refractivity contribution < 1.29 is 5.11 Å². The number of nitrogens with two attached hydrogens (primary N) is 1. The van der Waals surface area contributed by atoms with Gasteiger partial charge in [-0.05, 0) is 30.7 Å². The van der Waals surface area contributed by atoms with Gasteiger partial charge in [-0.2, -0.15) is 0 Å². The van der Waals surface area contributed by atoms with Gasteiger partial charge in [0, 0.05) is 16.5 Å². The van der Waals surface area contributed by atoms with Crippen LogP contribution in [-0.4, -0.2) is 10.9 Å². The van der Waals surface area contributed by atoms with Crippen LogP contribution in [0.3, 0.4) is 0 Å². The van der Waals surface area contributed by atoms with E-state index in [1.54, 1.807) is 17.8 Å². The third kappa shape index (κ3) is 1.42. The first-order valence-electron chi connectivity index (χ1n) is 4.41. The van der Waals surface area contributed by atoms with Crippen molar-refractivity contribution in [1.29, 1.82) is 0 Å². The Morgan fingerprint density at radius 2 is 2.31 bits per heavy atom. The van der Waals surface area contributed by atoms with Crippen molar-refractivity contribution in [3.63, 3.8) is 0 Å². The van der Waals surface area contributed by atoms with Gasteiger partial charge in [-0.15, -0.1) is 11.8 Å². The van der Waals surface area contributed by atoms with Gasteiger partial charge in [-0.1, -0.05) is 6.07 Å². The van der Waals surface area contributed by atoms with Crippen molar-refractivity contribution in [3.05, 3.63) is 23.3 Å². The average molecular weight is 195 g/mol. The molecule has 1 aromatic rings. The monoisotopic (exact) mass is 195 g/mol. The number of phenols is 1. The van der Waals surface area contributed by atoms with Crippen LogP contribution >= 0.6 is 11.8 Å².